The number of ether oxygens (including phenoxy) is 1. The third kappa shape index (κ3) is 4.95. The molecule has 2 heterocycles. The third-order valence-electron chi connectivity index (χ3n) is 4.11. The number of aromatic nitrogens is 1. The monoisotopic (exact) mass is 358 g/mol. The predicted octanol–water partition coefficient (Wildman–Crippen LogP) is 2.94. The highest BCUT2D eigenvalue weighted by molar-refractivity contribution is 7.09. The summed E-state index contributed by atoms with van der Waals surface area (Å²) in [6.45, 7) is 7.33. The molecule has 1 aliphatic heterocycles. The first-order valence-corrected chi connectivity index (χ1v) is 9.86. The van der Waals surface area contributed by atoms with Crippen LogP contribution in [0, 0.1) is 0 Å². The van der Waals surface area contributed by atoms with Gasteiger partial charge in [-0.15, -0.1) is 11.3 Å². The van der Waals surface area contributed by atoms with E-state index in [1.54, 1.807) is 11.3 Å². The van der Waals surface area contributed by atoms with E-state index in [2.05, 4.69) is 58.0 Å². The minimum atomic E-state index is 0.613. The van der Waals surface area contributed by atoms with Crippen molar-refractivity contribution in [2.24, 2.45) is 4.99 Å². The van der Waals surface area contributed by atoms with Crippen LogP contribution in [0.5, 0.6) is 5.75 Å². The summed E-state index contributed by atoms with van der Waals surface area (Å²) in [7, 11) is 0. The van der Waals surface area contributed by atoms with Crippen LogP contribution in [0.4, 0.5) is 0 Å². The molecule has 0 bridgehead atoms. The summed E-state index contributed by atoms with van der Waals surface area (Å²) >= 11 is 1.71. The number of aryl methyl sites for hydroxylation is 1. The van der Waals surface area contributed by atoms with Crippen LogP contribution in [-0.2, 0) is 25.8 Å². The lowest BCUT2D eigenvalue weighted by Crippen LogP contribution is -2.38. The highest BCUT2D eigenvalue weighted by Gasteiger charge is 2.11. The number of benzene rings is 1. The molecule has 1 aromatic carbocycles. The predicted molar refractivity (Wildman–Crippen MR) is 104 cm³/mol. The standard InChI is InChI=1S/C19H26N4OS/c1-3-18-23-16(13-25-18)12-22-19(20-4-2)21-9-7-14-5-6-17-15(11-14)8-10-24-17/h5-6,11,13H,3-4,7-10,12H2,1-2H3,(H2,20,21,22). The number of hydrogen-bond acceptors (Lipinski definition) is 4. The van der Waals surface area contributed by atoms with Gasteiger partial charge < -0.3 is 15.4 Å². The zero-order chi connectivity index (χ0) is 17.5. The Kier molecular flexibility index (Phi) is 6.28. The second-order valence-corrected chi connectivity index (χ2v) is 6.94. The number of nitrogens with zero attached hydrogens (tertiary/aromatic N) is 2. The van der Waals surface area contributed by atoms with E-state index in [1.807, 2.05) is 0 Å². The lowest BCUT2D eigenvalue weighted by atomic mass is 10.1. The maximum absolute atomic E-state index is 5.56. The molecule has 2 aromatic rings. The molecule has 0 saturated heterocycles. The first-order chi connectivity index (χ1) is 12.3. The van der Waals surface area contributed by atoms with Crippen molar-refractivity contribution in [3.63, 3.8) is 0 Å². The lowest BCUT2D eigenvalue weighted by molar-refractivity contribution is 0.357. The van der Waals surface area contributed by atoms with E-state index >= 15 is 0 Å². The first kappa shape index (κ1) is 17.7. The number of hydrogen-bond donors (Lipinski definition) is 2. The van der Waals surface area contributed by atoms with Crippen molar-refractivity contribution in [2.45, 2.75) is 39.7 Å². The van der Waals surface area contributed by atoms with Gasteiger partial charge in [-0.2, -0.15) is 0 Å². The Labute approximate surface area is 153 Å². The van der Waals surface area contributed by atoms with E-state index < -0.39 is 0 Å². The van der Waals surface area contributed by atoms with E-state index in [4.69, 9.17) is 4.74 Å². The maximum atomic E-state index is 5.56. The molecule has 5 nitrogen and oxygen atoms in total. The van der Waals surface area contributed by atoms with Gasteiger partial charge in [-0.1, -0.05) is 19.1 Å². The molecule has 0 fully saturated rings. The van der Waals surface area contributed by atoms with E-state index in [0.717, 1.165) is 56.4 Å². The molecular weight excluding hydrogens is 332 g/mol. The molecule has 1 aliphatic rings. The Morgan fingerprint density at radius 2 is 2.24 bits per heavy atom. The van der Waals surface area contributed by atoms with Crippen LogP contribution in [0.3, 0.4) is 0 Å². The zero-order valence-electron chi connectivity index (χ0n) is 15.0. The lowest BCUT2D eigenvalue weighted by Gasteiger charge is -2.11. The molecule has 0 atom stereocenters. The van der Waals surface area contributed by atoms with Gasteiger partial charge in [0.15, 0.2) is 5.96 Å². The average Bonchev–Trinajstić information content (AvgIpc) is 3.28. The average molecular weight is 359 g/mol. The molecule has 2 N–H and O–H groups in total. The van der Waals surface area contributed by atoms with Crippen LogP contribution >= 0.6 is 11.3 Å². The molecule has 6 heteroatoms. The molecule has 25 heavy (non-hydrogen) atoms. The highest BCUT2D eigenvalue weighted by atomic mass is 32.1. The molecule has 3 rings (SSSR count). The molecule has 1 aromatic heterocycles. The number of nitrogens with one attached hydrogen (secondary N) is 2. The van der Waals surface area contributed by atoms with Gasteiger partial charge in [-0.05, 0) is 37.0 Å². The summed E-state index contributed by atoms with van der Waals surface area (Å²) in [4.78, 5) is 9.20. The van der Waals surface area contributed by atoms with Crippen LogP contribution in [0.2, 0.25) is 0 Å². The molecule has 0 amide bonds. The fourth-order valence-corrected chi connectivity index (χ4v) is 3.54. The second kappa shape index (κ2) is 8.85. The number of fused-ring (bicyclic) bond motifs is 1. The van der Waals surface area contributed by atoms with Crippen LogP contribution in [-0.4, -0.2) is 30.6 Å². The van der Waals surface area contributed by atoms with Gasteiger partial charge in [-0.25, -0.2) is 9.98 Å². The Balaban J connectivity index is 1.51. The van der Waals surface area contributed by atoms with Crippen LogP contribution in [0.25, 0.3) is 0 Å². The van der Waals surface area contributed by atoms with Gasteiger partial charge in [0.1, 0.15) is 5.75 Å². The molecule has 134 valence electrons. The number of guanidine groups is 1. The van der Waals surface area contributed by atoms with E-state index in [1.165, 1.54) is 16.1 Å². The number of rotatable bonds is 7. The minimum absolute atomic E-state index is 0.613. The van der Waals surface area contributed by atoms with E-state index in [-0.39, 0.29) is 0 Å². The van der Waals surface area contributed by atoms with Crippen molar-refractivity contribution in [1.29, 1.82) is 0 Å². The largest absolute Gasteiger partial charge is 0.493 e. The molecule has 0 spiro atoms. The van der Waals surface area contributed by atoms with Gasteiger partial charge in [0.25, 0.3) is 0 Å². The Morgan fingerprint density at radius 3 is 3.04 bits per heavy atom. The van der Waals surface area contributed by atoms with Gasteiger partial charge in [0.05, 0.1) is 23.9 Å². The van der Waals surface area contributed by atoms with Crippen LogP contribution in [0.15, 0.2) is 28.6 Å². The first-order valence-electron chi connectivity index (χ1n) is 8.98. The Hall–Kier alpha value is -2.08. The van der Waals surface area contributed by atoms with Crippen molar-refractivity contribution in [3.8, 4) is 5.75 Å². The summed E-state index contributed by atoms with van der Waals surface area (Å²) in [5.41, 5.74) is 3.70. The summed E-state index contributed by atoms with van der Waals surface area (Å²) in [5, 5.41) is 9.97. The molecule has 0 saturated carbocycles. The van der Waals surface area contributed by atoms with Gasteiger partial charge in [0, 0.05) is 24.9 Å². The Morgan fingerprint density at radius 1 is 1.32 bits per heavy atom. The molecule has 0 radical (unpaired) electrons. The van der Waals surface area contributed by atoms with Crippen LogP contribution < -0.4 is 15.4 Å². The van der Waals surface area contributed by atoms with Crippen LogP contribution in [0.1, 0.15) is 35.7 Å². The maximum Gasteiger partial charge on any atom is 0.191 e. The fourth-order valence-electron chi connectivity index (χ4n) is 2.81. The van der Waals surface area contributed by atoms with Crippen molar-refractivity contribution >= 4 is 17.3 Å². The SMILES string of the molecule is CCNC(=NCc1csc(CC)n1)NCCc1ccc2c(c1)CCO2. The van der Waals surface area contributed by atoms with Crippen molar-refractivity contribution in [1.82, 2.24) is 15.6 Å². The van der Waals surface area contributed by atoms with E-state index in [9.17, 15) is 0 Å². The summed E-state index contributed by atoms with van der Waals surface area (Å²) in [6.07, 6.45) is 2.97. The molecule has 0 aliphatic carbocycles. The van der Waals surface area contributed by atoms with Gasteiger partial charge >= 0.3 is 0 Å². The highest BCUT2D eigenvalue weighted by Crippen LogP contribution is 2.25. The summed E-state index contributed by atoms with van der Waals surface area (Å²) in [5.74, 6) is 1.89. The topological polar surface area (TPSA) is 58.5 Å². The van der Waals surface area contributed by atoms with Crippen molar-refractivity contribution in [2.75, 3.05) is 19.7 Å². The van der Waals surface area contributed by atoms with Crippen molar-refractivity contribution < 1.29 is 4.74 Å². The molecular formula is C19H26N4OS. The number of aliphatic imine (C=N–C) groups is 1. The summed E-state index contributed by atoms with van der Waals surface area (Å²) in [6, 6.07) is 6.50. The summed E-state index contributed by atoms with van der Waals surface area (Å²) < 4.78 is 5.56. The fraction of sp³-hybridized carbons (Fsp3) is 0.474. The van der Waals surface area contributed by atoms with Gasteiger partial charge in [0.2, 0.25) is 0 Å². The number of thiazole rings is 1. The second-order valence-electron chi connectivity index (χ2n) is 6.00. The normalized spacial score (nSPS) is 13.4. The van der Waals surface area contributed by atoms with E-state index in [0.29, 0.717) is 6.54 Å². The minimum Gasteiger partial charge on any atom is -0.493 e. The third-order valence-corrected chi connectivity index (χ3v) is 5.15. The van der Waals surface area contributed by atoms with Crippen molar-refractivity contribution in [3.05, 3.63) is 45.4 Å². The van der Waals surface area contributed by atoms with Gasteiger partial charge in [-0.3, -0.25) is 0 Å². The molecule has 0 unspecified atom stereocenters. The zero-order valence-corrected chi connectivity index (χ0v) is 15.8. The Bertz CT molecular complexity index is 726. The smallest absolute Gasteiger partial charge is 0.191 e. The quantitative estimate of drug-likeness (QED) is 0.590.